The Morgan fingerprint density at radius 1 is 0.971 bits per heavy atom. The van der Waals surface area contributed by atoms with Gasteiger partial charge in [0.05, 0.1) is 17.8 Å². The van der Waals surface area contributed by atoms with E-state index in [-0.39, 0.29) is 24.0 Å². The predicted molar refractivity (Wildman–Crippen MR) is 136 cm³/mol. The Morgan fingerprint density at radius 3 is 2.50 bits per heavy atom. The largest absolute Gasteiger partial charge is 0.491 e. The van der Waals surface area contributed by atoms with Crippen molar-refractivity contribution in [1.82, 2.24) is 14.9 Å². The van der Waals surface area contributed by atoms with E-state index in [1.165, 1.54) is 12.1 Å². The molecule has 34 heavy (non-hydrogen) atoms. The van der Waals surface area contributed by atoms with E-state index in [0.717, 1.165) is 28.5 Å². The molecule has 172 valence electrons. The molecule has 1 fully saturated rings. The van der Waals surface area contributed by atoms with Crippen molar-refractivity contribution in [1.29, 1.82) is 0 Å². The molecule has 0 radical (unpaired) electrons. The number of anilines is 1. The van der Waals surface area contributed by atoms with Gasteiger partial charge in [0.2, 0.25) is 0 Å². The molecule has 0 aliphatic carbocycles. The lowest BCUT2D eigenvalue weighted by atomic mass is 10.0. The van der Waals surface area contributed by atoms with E-state index in [9.17, 15) is 4.39 Å². The van der Waals surface area contributed by atoms with E-state index in [0.29, 0.717) is 5.11 Å². The SMILES string of the molecule is CC(C)Oc1ccc(N2C(=S)N[C@@H](c3ccccn3)[C@@H]2c2cccn2-c2cccc(F)c2)cc1. The highest BCUT2D eigenvalue weighted by atomic mass is 32.1. The zero-order chi connectivity index (χ0) is 23.7. The summed E-state index contributed by atoms with van der Waals surface area (Å²) >= 11 is 5.82. The summed E-state index contributed by atoms with van der Waals surface area (Å²) in [5.41, 5.74) is 3.53. The van der Waals surface area contributed by atoms with Gasteiger partial charge in [-0.25, -0.2) is 4.39 Å². The third kappa shape index (κ3) is 4.26. The molecule has 0 bridgehead atoms. The molecule has 7 heteroatoms. The molecule has 2 atom stereocenters. The molecule has 5 nitrogen and oxygen atoms in total. The number of aromatic nitrogens is 2. The first kappa shape index (κ1) is 22.1. The number of pyridine rings is 1. The summed E-state index contributed by atoms with van der Waals surface area (Å²) in [6.45, 7) is 4.00. The second-order valence-corrected chi connectivity index (χ2v) is 8.83. The van der Waals surface area contributed by atoms with E-state index < -0.39 is 0 Å². The minimum Gasteiger partial charge on any atom is -0.491 e. The fourth-order valence-corrected chi connectivity index (χ4v) is 4.73. The zero-order valence-electron chi connectivity index (χ0n) is 18.9. The number of ether oxygens (including phenoxy) is 1. The van der Waals surface area contributed by atoms with Gasteiger partial charge < -0.3 is 19.5 Å². The van der Waals surface area contributed by atoms with Gasteiger partial charge >= 0.3 is 0 Å². The van der Waals surface area contributed by atoms with Crippen LogP contribution in [0.15, 0.2) is 91.3 Å². The molecule has 5 rings (SSSR count). The van der Waals surface area contributed by atoms with Gasteiger partial charge in [0.1, 0.15) is 17.6 Å². The number of hydrogen-bond acceptors (Lipinski definition) is 3. The van der Waals surface area contributed by atoms with Crippen LogP contribution in [0, 0.1) is 5.82 Å². The Kier molecular flexibility index (Phi) is 6.02. The molecule has 3 heterocycles. The highest BCUT2D eigenvalue weighted by molar-refractivity contribution is 7.80. The van der Waals surface area contributed by atoms with Gasteiger partial charge in [-0.15, -0.1) is 0 Å². The van der Waals surface area contributed by atoms with Gasteiger partial charge in [-0.1, -0.05) is 12.1 Å². The van der Waals surface area contributed by atoms with Crippen LogP contribution in [0.3, 0.4) is 0 Å². The van der Waals surface area contributed by atoms with Crippen molar-refractivity contribution in [2.24, 2.45) is 0 Å². The lowest BCUT2D eigenvalue weighted by molar-refractivity contribution is 0.242. The standard InChI is InChI=1S/C27H25FN4OS/c1-18(2)33-22-13-11-20(12-14-22)32-26(25(30-27(32)34)23-9-3-4-15-29-23)24-10-6-16-31(24)21-8-5-7-19(28)17-21/h3-18,25-26H,1-2H3,(H,30,34)/t25-,26-/m0/s1. The van der Waals surface area contributed by atoms with E-state index >= 15 is 0 Å². The highest BCUT2D eigenvalue weighted by Crippen LogP contribution is 2.42. The monoisotopic (exact) mass is 472 g/mol. The van der Waals surface area contributed by atoms with Gasteiger partial charge in [-0.3, -0.25) is 4.98 Å². The average Bonchev–Trinajstić information content (AvgIpc) is 3.44. The van der Waals surface area contributed by atoms with Crippen molar-refractivity contribution >= 4 is 23.0 Å². The molecule has 0 unspecified atom stereocenters. The second kappa shape index (κ2) is 9.27. The van der Waals surface area contributed by atoms with E-state index in [1.807, 2.05) is 85.3 Å². The van der Waals surface area contributed by atoms with Crippen molar-refractivity contribution in [3.05, 3.63) is 108 Å². The first-order chi connectivity index (χ1) is 16.5. The summed E-state index contributed by atoms with van der Waals surface area (Å²) in [6.07, 6.45) is 3.82. The maximum atomic E-state index is 14.1. The number of halogens is 1. The third-order valence-corrected chi connectivity index (χ3v) is 6.07. The van der Waals surface area contributed by atoms with Crippen molar-refractivity contribution in [2.75, 3.05) is 4.90 Å². The minimum absolute atomic E-state index is 0.0937. The average molecular weight is 473 g/mol. The van der Waals surface area contributed by atoms with Crippen LogP contribution in [0.1, 0.15) is 37.3 Å². The van der Waals surface area contributed by atoms with Crippen LogP contribution in [-0.2, 0) is 0 Å². The van der Waals surface area contributed by atoms with Crippen molar-refractivity contribution in [3.63, 3.8) is 0 Å². The number of hydrogen-bond donors (Lipinski definition) is 1. The first-order valence-electron chi connectivity index (χ1n) is 11.2. The minimum atomic E-state index is -0.281. The number of nitrogens with zero attached hydrogens (tertiary/aromatic N) is 3. The van der Waals surface area contributed by atoms with Crippen LogP contribution >= 0.6 is 12.2 Å². The molecule has 1 N–H and O–H groups in total. The van der Waals surface area contributed by atoms with Crippen LogP contribution in [0.4, 0.5) is 10.1 Å². The van der Waals surface area contributed by atoms with Crippen molar-refractivity contribution in [3.8, 4) is 11.4 Å². The predicted octanol–water partition coefficient (Wildman–Crippen LogP) is 5.98. The number of rotatable bonds is 6. The lowest BCUT2D eigenvalue weighted by Gasteiger charge is -2.29. The molecular weight excluding hydrogens is 447 g/mol. The molecule has 0 amide bonds. The summed E-state index contributed by atoms with van der Waals surface area (Å²) in [5, 5.41) is 4.07. The molecule has 0 spiro atoms. The van der Waals surface area contributed by atoms with Crippen LogP contribution in [-0.4, -0.2) is 20.8 Å². The summed E-state index contributed by atoms with van der Waals surface area (Å²) in [5.74, 6) is 0.522. The van der Waals surface area contributed by atoms with Crippen molar-refractivity contribution in [2.45, 2.75) is 32.0 Å². The van der Waals surface area contributed by atoms with Crippen molar-refractivity contribution < 1.29 is 9.13 Å². The van der Waals surface area contributed by atoms with E-state index in [2.05, 4.69) is 15.2 Å². The summed E-state index contributed by atoms with van der Waals surface area (Å²) in [7, 11) is 0. The Balaban J connectivity index is 1.61. The lowest BCUT2D eigenvalue weighted by Crippen LogP contribution is -2.30. The number of nitrogens with one attached hydrogen (secondary N) is 1. The molecule has 1 saturated heterocycles. The molecule has 1 aliphatic rings. The Bertz CT molecular complexity index is 1290. The van der Waals surface area contributed by atoms with E-state index in [4.69, 9.17) is 17.0 Å². The Morgan fingerprint density at radius 2 is 1.79 bits per heavy atom. The molecule has 2 aromatic carbocycles. The first-order valence-corrected chi connectivity index (χ1v) is 11.6. The van der Waals surface area contributed by atoms with Crippen LogP contribution in [0.2, 0.25) is 0 Å². The molecule has 0 saturated carbocycles. The Labute approximate surface area is 203 Å². The maximum Gasteiger partial charge on any atom is 0.174 e. The van der Waals surface area contributed by atoms with Gasteiger partial charge in [0.25, 0.3) is 0 Å². The summed E-state index contributed by atoms with van der Waals surface area (Å²) in [4.78, 5) is 6.70. The number of thiocarbonyl (C=S) groups is 1. The maximum absolute atomic E-state index is 14.1. The smallest absolute Gasteiger partial charge is 0.174 e. The molecule has 2 aromatic heterocycles. The van der Waals surface area contributed by atoms with Gasteiger partial charge in [-0.2, -0.15) is 0 Å². The molecule has 1 aliphatic heterocycles. The van der Waals surface area contributed by atoms with Crippen LogP contribution in [0.5, 0.6) is 5.75 Å². The van der Waals surface area contributed by atoms with Crippen LogP contribution < -0.4 is 15.0 Å². The van der Waals surface area contributed by atoms with Gasteiger partial charge in [0.15, 0.2) is 5.11 Å². The van der Waals surface area contributed by atoms with Crippen LogP contribution in [0.25, 0.3) is 5.69 Å². The van der Waals surface area contributed by atoms with Gasteiger partial charge in [-0.05, 0) is 92.8 Å². The summed E-state index contributed by atoms with van der Waals surface area (Å²) in [6, 6.07) is 24.0. The quantitative estimate of drug-likeness (QED) is 0.350. The van der Waals surface area contributed by atoms with E-state index in [1.54, 1.807) is 12.3 Å². The zero-order valence-corrected chi connectivity index (χ0v) is 19.7. The second-order valence-electron chi connectivity index (χ2n) is 8.44. The number of benzene rings is 2. The molecule has 4 aromatic rings. The Hall–Kier alpha value is -3.71. The summed E-state index contributed by atoms with van der Waals surface area (Å²) < 4.78 is 21.9. The fraction of sp³-hybridized carbons (Fsp3) is 0.185. The topological polar surface area (TPSA) is 42.3 Å². The normalized spacial score (nSPS) is 17.8. The third-order valence-electron chi connectivity index (χ3n) is 5.75. The fourth-order valence-electron chi connectivity index (χ4n) is 4.39. The molecular formula is C27H25FN4OS. The highest BCUT2D eigenvalue weighted by Gasteiger charge is 2.42. The van der Waals surface area contributed by atoms with Gasteiger partial charge in [0, 0.05) is 29.5 Å².